The number of nitrogens with one attached hydrogen (secondary N) is 3. The molecule has 142 valence electrons. The molecule has 7 heteroatoms. The first kappa shape index (κ1) is 19.8. The SMILES string of the molecule is C=CC(=O)Nc1cccc(Nc2nc(Nc3cccc(CI)c3)ncc2C)c1. The lowest BCUT2D eigenvalue weighted by atomic mass is 10.2. The second-order valence-corrected chi connectivity index (χ2v) is 6.85. The molecule has 0 saturated carbocycles. The number of alkyl halides is 1. The fourth-order valence-electron chi connectivity index (χ4n) is 2.49. The quantitative estimate of drug-likeness (QED) is 0.240. The summed E-state index contributed by atoms with van der Waals surface area (Å²) in [5.74, 6) is 0.945. The largest absolute Gasteiger partial charge is 0.340 e. The third-order valence-electron chi connectivity index (χ3n) is 3.89. The Kier molecular flexibility index (Phi) is 6.59. The molecular formula is C21H20IN5O. The second-order valence-electron chi connectivity index (χ2n) is 6.08. The van der Waals surface area contributed by atoms with Crippen molar-refractivity contribution >= 4 is 57.3 Å². The first-order valence-electron chi connectivity index (χ1n) is 8.63. The number of halogens is 1. The Balaban J connectivity index is 1.79. The first-order chi connectivity index (χ1) is 13.6. The van der Waals surface area contributed by atoms with E-state index >= 15 is 0 Å². The average molecular weight is 485 g/mol. The molecule has 0 radical (unpaired) electrons. The van der Waals surface area contributed by atoms with Crippen LogP contribution in [0.15, 0.2) is 67.4 Å². The molecule has 0 saturated heterocycles. The highest BCUT2D eigenvalue weighted by Crippen LogP contribution is 2.23. The number of benzene rings is 2. The smallest absolute Gasteiger partial charge is 0.247 e. The number of anilines is 5. The van der Waals surface area contributed by atoms with Crippen molar-refractivity contribution in [2.75, 3.05) is 16.0 Å². The monoisotopic (exact) mass is 485 g/mol. The highest BCUT2D eigenvalue weighted by Gasteiger charge is 2.06. The molecule has 3 rings (SSSR count). The number of rotatable bonds is 7. The van der Waals surface area contributed by atoms with Gasteiger partial charge in [-0.15, -0.1) is 0 Å². The van der Waals surface area contributed by atoms with Crippen molar-refractivity contribution in [1.82, 2.24) is 9.97 Å². The lowest BCUT2D eigenvalue weighted by Gasteiger charge is -2.12. The van der Waals surface area contributed by atoms with Crippen LogP contribution >= 0.6 is 22.6 Å². The van der Waals surface area contributed by atoms with Crippen LogP contribution in [0.4, 0.5) is 28.8 Å². The zero-order chi connectivity index (χ0) is 19.9. The summed E-state index contributed by atoms with van der Waals surface area (Å²) in [6.07, 6.45) is 3.00. The lowest BCUT2D eigenvalue weighted by molar-refractivity contribution is -0.111. The zero-order valence-electron chi connectivity index (χ0n) is 15.4. The predicted octanol–water partition coefficient (Wildman–Crippen LogP) is 5.33. The molecule has 0 aliphatic carbocycles. The minimum absolute atomic E-state index is 0.254. The summed E-state index contributed by atoms with van der Waals surface area (Å²) >= 11 is 2.33. The summed E-state index contributed by atoms with van der Waals surface area (Å²) in [6, 6.07) is 15.6. The molecule has 0 unspecified atom stereocenters. The van der Waals surface area contributed by atoms with Gasteiger partial charge in [-0.2, -0.15) is 4.98 Å². The molecule has 0 fully saturated rings. The Bertz CT molecular complexity index is 1010. The molecule has 0 atom stereocenters. The van der Waals surface area contributed by atoms with Crippen molar-refractivity contribution in [3.05, 3.63) is 78.5 Å². The molecule has 0 aliphatic rings. The number of hydrogen-bond acceptors (Lipinski definition) is 5. The summed E-state index contributed by atoms with van der Waals surface area (Å²) in [6.45, 7) is 5.40. The standard InChI is InChI=1S/C21H20IN5O/c1-3-19(28)24-17-8-5-9-18(11-17)25-20-14(2)13-23-21(27-20)26-16-7-4-6-15(10-16)12-22/h3-11,13H,1,12H2,2H3,(H,24,28)(H2,23,25,26,27). The highest BCUT2D eigenvalue weighted by molar-refractivity contribution is 14.1. The van der Waals surface area contributed by atoms with Crippen molar-refractivity contribution in [2.45, 2.75) is 11.4 Å². The molecule has 28 heavy (non-hydrogen) atoms. The number of hydrogen-bond donors (Lipinski definition) is 3. The van der Waals surface area contributed by atoms with E-state index in [2.05, 4.69) is 67.2 Å². The molecule has 0 spiro atoms. The molecular weight excluding hydrogens is 465 g/mol. The van der Waals surface area contributed by atoms with Crippen molar-refractivity contribution in [3.8, 4) is 0 Å². The van der Waals surface area contributed by atoms with E-state index in [1.807, 2.05) is 43.3 Å². The van der Waals surface area contributed by atoms with Gasteiger partial charge in [0, 0.05) is 33.3 Å². The summed E-state index contributed by atoms with van der Waals surface area (Å²) in [5.41, 5.74) is 4.57. The van der Waals surface area contributed by atoms with Gasteiger partial charge in [-0.3, -0.25) is 4.79 Å². The number of amides is 1. The van der Waals surface area contributed by atoms with E-state index in [4.69, 9.17) is 0 Å². The highest BCUT2D eigenvalue weighted by atomic mass is 127. The molecule has 1 heterocycles. The zero-order valence-corrected chi connectivity index (χ0v) is 17.5. The van der Waals surface area contributed by atoms with E-state index in [0.717, 1.165) is 21.4 Å². The van der Waals surface area contributed by atoms with Crippen LogP contribution in [0.5, 0.6) is 0 Å². The average Bonchev–Trinajstić information content (AvgIpc) is 2.71. The molecule has 1 aromatic heterocycles. The minimum Gasteiger partial charge on any atom is -0.340 e. The van der Waals surface area contributed by atoms with Gasteiger partial charge in [-0.25, -0.2) is 4.98 Å². The minimum atomic E-state index is -0.254. The molecule has 1 amide bonds. The van der Waals surface area contributed by atoms with Gasteiger partial charge >= 0.3 is 0 Å². The number of carbonyl (C=O) groups excluding carboxylic acids is 1. The van der Waals surface area contributed by atoms with E-state index in [-0.39, 0.29) is 5.91 Å². The van der Waals surface area contributed by atoms with Crippen molar-refractivity contribution in [2.24, 2.45) is 0 Å². The Morgan fingerprint density at radius 2 is 1.82 bits per heavy atom. The first-order valence-corrected chi connectivity index (χ1v) is 10.2. The lowest BCUT2D eigenvalue weighted by Crippen LogP contribution is -2.07. The molecule has 0 bridgehead atoms. The summed E-state index contributed by atoms with van der Waals surface area (Å²) < 4.78 is 0.938. The van der Waals surface area contributed by atoms with Crippen LogP contribution in [0.2, 0.25) is 0 Å². The fourth-order valence-corrected chi connectivity index (χ4v) is 2.97. The topological polar surface area (TPSA) is 78.9 Å². The van der Waals surface area contributed by atoms with Gasteiger partial charge in [0.25, 0.3) is 0 Å². The van der Waals surface area contributed by atoms with Gasteiger partial charge in [-0.1, -0.05) is 47.4 Å². The van der Waals surface area contributed by atoms with E-state index in [1.165, 1.54) is 11.6 Å². The Morgan fingerprint density at radius 1 is 1.11 bits per heavy atom. The Morgan fingerprint density at radius 3 is 2.57 bits per heavy atom. The predicted molar refractivity (Wildman–Crippen MR) is 123 cm³/mol. The molecule has 3 aromatic rings. The summed E-state index contributed by atoms with van der Waals surface area (Å²) in [7, 11) is 0. The van der Waals surface area contributed by atoms with Crippen molar-refractivity contribution in [3.63, 3.8) is 0 Å². The summed E-state index contributed by atoms with van der Waals surface area (Å²) in [5, 5.41) is 9.27. The van der Waals surface area contributed by atoms with Crippen molar-refractivity contribution < 1.29 is 4.79 Å². The van der Waals surface area contributed by atoms with Crippen LogP contribution in [0.3, 0.4) is 0 Å². The molecule has 3 N–H and O–H groups in total. The van der Waals surface area contributed by atoms with Crippen LogP contribution in [-0.2, 0) is 9.22 Å². The number of aromatic nitrogens is 2. The third-order valence-corrected chi connectivity index (χ3v) is 4.77. The van der Waals surface area contributed by atoms with Crippen LogP contribution in [-0.4, -0.2) is 15.9 Å². The van der Waals surface area contributed by atoms with Gasteiger partial charge in [0.1, 0.15) is 5.82 Å². The van der Waals surface area contributed by atoms with E-state index in [1.54, 1.807) is 6.20 Å². The fraction of sp³-hybridized carbons (Fsp3) is 0.0952. The van der Waals surface area contributed by atoms with Gasteiger partial charge < -0.3 is 16.0 Å². The van der Waals surface area contributed by atoms with E-state index < -0.39 is 0 Å². The number of nitrogens with zero attached hydrogens (tertiary/aromatic N) is 2. The van der Waals surface area contributed by atoms with Crippen LogP contribution in [0.1, 0.15) is 11.1 Å². The molecule has 2 aromatic carbocycles. The van der Waals surface area contributed by atoms with Gasteiger partial charge in [0.2, 0.25) is 11.9 Å². The van der Waals surface area contributed by atoms with E-state index in [9.17, 15) is 4.79 Å². The van der Waals surface area contributed by atoms with Crippen LogP contribution < -0.4 is 16.0 Å². The maximum absolute atomic E-state index is 11.5. The van der Waals surface area contributed by atoms with Gasteiger partial charge in [0.05, 0.1) is 0 Å². The van der Waals surface area contributed by atoms with Crippen molar-refractivity contribution in [1.29, 1.82) is 0 Å². The van der Waals surface area contributed by atoms with Gasteiger partial charge in [0.15, 0.2) is 0 Å². The number of aryl methyl sites for hydroxylation is 1. The third kappa shape index (κ3) is 5.29. The molecule has 0 aliphatic heterocycles. The second kappa shape index (κ2) is 9.32. The maximum Gasteiger partial charge on any atom is 0.247 e. The van der Waals surface area contributed by atoms with Crippen LogP contribution in [0.25, 0.3) is 0 Å². The van der Waals surface area contributed by atoms with Gasteiger partial charge in [-0.05, 0) is 48.9 Å². The Hall–Kier alpha value is -2.94. The van der Waals surface area contributed by atoms with Crippen LogP contribution in [0, 0.1) is 6.92 Å². The Labute approximate surface area is 177 Å². The summed E-state index contributed by atoms with van der Waals surface area (Å²) in [4.78, 5) is 20.4. The van der Waals surface area contributed by atoms with E-state index in [0.29, 0.717) is 17.5 Å². The maximum atomic E-state index is 11.5. The normalized spacial score (nSPS) is 10.2. The number of carbonyl (C=O) groups is 1. The molecule has 6 nitrogen and oxygen atoms in total.